The van der Waals surface area contributed by atoms with Gasteiger partial charge < -0.3 is 10.4 Å². The minimum Gasteiger partial charge on any atom is -0.480 e. The maximum Gasteiger partial charge on any atom is 0.326 e. The molecule has 0 radical (unpaired) electrons. The average Bonchev–Trinajstić information content (AvgIpc) is 2.60. The van der Waals surface area contributed by atoms with Crippen molar-refractivity contribution in [3.63, 3.8) is 0 Å². The number of hydrogen-bond donors (Lipinski definition) is 2. The number of hydrogen-bond acceptors (Lipinski definition) is 3. The molecule has 0 aromatic heterocycles. The first-order chi connectivity index (χ1) is 11.9. The second kappa shape index (κ2) is 8.48. The monoisotopic (exact) mass is 367 g/mol. The lowest BCUT2D eigenvalue weighted by molar-refractivity contribution is -0.139. The lowest BCUT2D eigenvalue weighted by atomic mass is 10.1. The number of halogens is 2. The Balaban J connectivity index is 2.00. The van der Waals surface area contributed by atoms with Gasteiger partial charge in [-0.1, -0.05) is 18.2 Å². The summed E-state index contributed by atoms with van der Waals surface area (Å²) in [6.45, 7) is 0. The highest BCUT2D eigenvalue weighted by atomic mass is 32.2. The van der Waals surface area contributed by atoms with Gasteiger partial charge in [-0.3, -0.25) is 9.00 Å². The van der Waals surface area contributed by atoms with Crippen LogP contribution in [0, 0.1) is 11.6 Å². The summed E-state index contributed by atoms with van der Waals surface area (Å²) in [5.74, 6) is -4.44. The number of carboxylic acids is 1. The third-order valence-corrected chi connectivity index (χ3v) is 4.79. The van der Waals surface area contributed by atoms with E-state index in [1.54, 1.807) is 30.3 Å². The van der Waals surface area contributed by atoms with Gasteiger partial charge in [-0.15, -0.1) is 0 Å². The van der Waals surface area contributed by atoms with Gasteiger partial charge in [-0.25, -0.2) is 13.6 Å². The minimum absolute atomic E-state index is 0.0268. The van der Waals surface area contributed by atoms with Crippen LogP contribution in [0.15, 0.2) is 53.4 Å². The van der Waals surface area contributed by atoms with Crippen LogP contribution in [0.5, 0.6) is 0 Å². The molecule has 25 heavy (non-hydrogen) atoms. The van der Waals surface area contributed by atoms with E-state index in [-0.39, 0.29) is 17.7 Å². The highest BCUT2D eigenvalue weighted by Gasteiger charge is 2.22. The smallest absolute Gasteiger partial charge is 0.326 e. The highest BCUT2D eigenvalue weighted by molar-refractivity contribution is 7.85. The Morgan fingerprint density at radius 1 is 1.08 bits per heavy atom. The molecule has 0 saturated carbocycles. The van der Waals surface area contributed by atoms with Crippen molar-refractivity contribution in [3.05, 3.63) is 65.7 Å². The maximum atomic E-state index is 13.2. The van der Waals surface area contributed by atoms with Crippen LogP contribution in [-0.4, -0.2) is 33.0 Å². The fourth-order valence-electron chi connectivity index (χ4n) is 2.05. The zero-order valence-electron chi connectivity index (χ0n) is 12.9. The van der Waals surface area contributed by atoms with Gasteiger partial charge >= 0.3 is 5.97 Å². The van der Waals surface area contributed by atoms with Crippen LogP contribution < -0.4 is 5.32 Å². The molecule has 0 saturated heterocycles. The first-order valence-corrected chi connectivity index (χ1v) is 8.62. The van der Waals surface area contributed by atoms with Crippen molar-refractivity contribution in [1.29, 1.82) is 0 Å². The maximum absolute atomic E-state index is 13.2. The number of amides is 1. The second-order valence-corrected chi connectivity index (χ2v) is 6.72. The Hall–Kier alpha value is -2.61. The Labute approximate surface area is 145 Å². The normalized spacial score (nSPS) is 13.0. The fourth-order valence-corrected chi connectivity index (χ4v) is 3.20. The summed E-state index contributed by atoms with van der Waals surface area (Å²) in [6.07, 6.45) is -0.0771. The molecule has 8 heteroatoms. The van der Waals surface area contributed by atoms with E-state index in [0.29, 0.717) is 11.0 Å². The predicted molar refractivity (Wildman–Crippen MR) is 87.6 cm³/mol. The van der Waals surface area contributed by atoms with E-state index in [1.807, 2.05) is 0 Å². The minimum atomic E-state index is -1.41. The van der Waals surface area contributed by atoms with E-state index in [9.17, 15) is 27.7 Å². The third kappa shape index (κ3) is 5.18. The van der Waals surface area contributed by atoms with Gasteiger partial charge in [0, 0.05) is 16.2 Å². The number of benzene rings is 2. The van der Waals surface area contributed by atoms with Crippen LogP contribution in [0.25, 0.3) is 0 Å². The van der Waals surface area contributed by atoms with Crippen LogP contribution in [0.2, 0.25) is 0 Å². The molecule has 132 valence electrons. The van der Waals surface area contributed by atoms with E-state index < -0.39 is 40.4 Å². The summed E-state index contributed by atoms with van der Waals surface area (Å²) >= 11 is 0. The summed E-state index contributed by atoms with van der Waals surface area (Å²) in [6, 6.07) is 9.73. The molecule has 0 bridgehead atoms. The summed E-state index contributed by atoms with van der Waals surface area (Å²) in [7, 11) is -1.41. The molecular formula is C17H15F2NO4S. The first kappa shape index (κ1) is 18.7. The molecule has 2 atom stereocenters. The quantitative estimate of drug-likeness (QED) is 0.787. The summed E-state index contributed by atoms with van der Waals surface area (Å²) in [5, 5.41) is 11.4. The third-order valence-electron chi connectivity index (χ3n) is 3.38. The summed E-state index contributed by atoms with van der Waals surface area (Å²) < 4.78 is 38.2. The predicted octanol–water partition coefficient (Wildman–Crippen LogP) is 2.35. The Bertz CT molecular complexity index is 798. The lowest BCUT2D eigenvalue weighted by Gasteiger charge is -2.14. The van der Waals surface area contributed by atoms with Crippen LogP contribution in [0.1, 0.15) is 16.8 Å². The van der Waals surface area contributed by atoms with Gasteiger partial charge in [0.25, 0.3) is 5.91 Å². The molecule has 0 fully saturated rings. The molecule has 0 unspecified atom stereocenters. The largest absolute Gasteiger partial charge is 0.480 e. The van der Waals surface area contributed by atoms with Gasteiger partial charge in [0.1, 0.15) is 6.04 Å². The van der Waals surface area contributed by atoms with Crippen molar-refractivity contribution in [2.75, 3.05) is 5.75 Å². The molecule has 0 heterocycles. The summed E-state index contributed by atoms with van der Waals surface area (Å²) in [5.41, 5.74) is -0.200. The van der Waals surface area contributed by atoms with E-state index in [2.05, 4.69) is 5.32 Å². The number of rotatable bonds is 7. The Kier molecular flexibility index (Phi) is 6.35. The molecule has 2 aromatic carbocycles. The van der Waals surface area contributed by atoms with Crippen LogP contribution >= 0.6 is 0 Å². The molecule has 0 aliphatic heterocycles. The molecule has 2 rings (SSSR count). The van der Waals surface area contributed by atoms with Gasteiger partial charge in [-0.2, -0.15) is 0 Å². The number of nitrogens with one attached hydrogen (secondary N) is 1. The first-order valence-electron chi connectivity index (χ1n) is 7.30. The van der Waals surface area contributed by atoms with Crippen LogP contribution in [0.4, 0.5) is 8.78 Å². The molecule has 2 N–H and O–H groups in total. The van der Waals surface area contributed by atoms with Crippen molar-refractivity contribution >= 4 is 22.7 Å². The topological polar surface area (TPSA) is 83.5 Å². The molecule has 0 aliphatic carbocycles. The number of carbonyl (C=O) groups excluding carboxylic acids is 1. The average molecular weight is 367 g/mol. The zero-order chi connectivity index (χ0) is 18.4. The van der Waals surface area contributed by atoms with E-state index >= 15 is 0 Å². The van der Waals surface area contributed by atoms with Crippen molar-refractivity contribution in [1.82, 2.24) is 5.32 Å². The van der Waals surface area contributed by atoms with Gasteiger partial charge in [0.15, 0.2) is 11.6 Å². The Morgan fingerprint density at radius 2 is 1.76 bits per heavy atom. The molecule has 1 amide bonds. The number of carboxylic acid groups (broad SMARTS) is 1. The molecule has 0 spiro atoms. The second-order valence-electron chi connectivity index (χ2n) is 5.14. The fraction of sp³-hybridized carbons (Fsp3) is 0.176. The van der Waals surface area contributed by atoms with E-state index in [0.717, 1.165) is 12.1 Å². The molecule has 2 aromatic rings. The van der Waals surface area contributed by atoms with Crippen molar-refractivity contribution in [3.8, 4) is 0 Å². The number of aliphatic carboxylic acids is 1. The van der Waals surface area contributed by atoms with E-state index in [1.165, 1.54) is 0 Å². The van der Waals surface area contributed by atoms with Crippen molar-refractivity contribution in [2.24, 2.45) is 0 Å². The molecule has 5 nitrogen and oxygen atoms in total. The number of carbonyl (C=O) groups is 2. The standard InChI is InChI=1S/C17H15F2NO4S/c18-13-7-6-11(10-14(13)19)16(21)20-15(17(22)23)8-9-25(24)12-4-2-1-3-5-12/h1-7,10,15H,8-9H2,(H,20,21)(H,22,23)/t15-,25+/m1/s1. The SMILES string of the molecule is O=C(N[C@H](CC[S@](=O)c1ccccc1)C(=O)O)c1ccc(F)c(F)c1. The summed E-state index contributed by atoms with van der Waals surface area (Å²) in [4.78, 5) is 23.8. The highest BCUT2D eigenvalue weighted by Crippen LogP contribution is 2.11. The van der Waals surface area contributed by atoms with Gasteiger partial charge in [0.05, 0.1) is 10.8 Å². The van der Waals surface area contributed by atoms with Gasteiger partial charge in [0.2, 0.25) is 0 Å². The van der Waals surface area contributed by atoms with Crippen LogP contribution in [0.3, 0.4) is 0 Å². The lowest BCUT2D eigenvalue weighted by Crippen LogP contribution is -2.41. The van der Waals surface area contributed by atoms with Crippen molar-refractivity contribution < 1.29 is 27.7 Å². The molecular weight excluding hydrogens is 352 g/mol. The van der Waals surface area contributed by atoms with Gasteiger partial charge in [-0.05, 0) is 36.8 Å². The Morgan fingerprint density at radius 3 is 2.36 bits per heavy atom. The zero-order valence-corrected chi connectivity index (χ0v) is 13.8. The molecule has 0 aliphatic rings. The van der Waals surface area contributed by atoms with Crippen LogP contribution in [-0.2, 0) is 15.6 Å². The van der Waals surface area contributed by atoms with E-state index in [4.69, 9.17) is 0 Å². The van der Waals surface area contributed by atoms with Crippen molar-refractivity contribution in [2.45, 2.75) is 17.4 Å².